The average molecular weight is 450 g/mol. The zero-order chi connectivity index (χ0) is 21.7. The van der Waals surface area contributed by atoms with Crippen LogP contribution in [0.25, 0.3) is 0 Å². The van der Waals surface area contributed by atoms with E-state index in [1.165, 1.54) is 28.0 Å². The number of methoxy groups -OCH3 is 2. The van der Waals surface area contributed by atoms with Crippen molar-refractivity contribution in [3.8, 4) is 11.5 Å². The van der Waals surface area contributed by atoms with E-state index in [9.17, 15) is 9.59 Å². The molecule has 0 radical (unpaired) electrons. The summed E-state index contributed by atoms with van der Waals surface area (Å²) in [5.41, 5.74) is 1.58. The van der Waals surface area contributed by atoms with Crippen LogP contribution in [-0.4, -0.2) is 38.0 Å². The van der Waals surface area contributed by atoms with Crippen LogP contribution in [0.3, 0.4) is 0 Å². The van der Waals surface area contributed by atoms with Crippen molar-refractivity contribution in [2.24, 2.45) is 0 Å². The Hall–Kier alpha value is -2.19. The van der Waals surface area contributed by atoms with E-state index in [-0.39, 0.29) is 17.1 Å². The highest BCUT2D eigenvalue weighted by molar-refractivity contribution is 8.00. The zero-order valence-corrected chi connectivity index (χ0v) is 19.3. The van der Waals surface area contributed by atoms with Gasteiger partial charge < -0.3 is 19.5 Å². The lowest BCUT2D eigenvalue weighted by Gasteiger charge is -2.14. The summed E-state index contributed by atoms with van der Waals surface area (Å²) in [5, 5.41) is 3.22. The van der Waals surface area contributed by atoms with E-state index >= 15 is 0 Å². The van der Waals surface area contributed by atoms with Crippen LogP contribution in [0.1, 0.15) is 47.5 Å². The number of amides is 1. The molecule has 1 aromatic heterocycles. The van der Waals surface area contributed by atoms with Crippen molar-refractivity contribution < 1.29 is 23.8 Å². The minimum absolute atomic E-state index is 0.154. The molecule has 8 heteroatoms. The third kappa shape index (κ3) is 4.92. The predicted octanol–water partition coefficient (Wildman–Crippen LogP) is 4.94. The molecule has 0 saturated heterocycles. The second-order valence-corrected chi connectivity index (χ2v) is 9.42. The maximum absolute atomic E-state index is 12.9. The van der Waals surface area contributed by atoms with Crippen molar-refractivity contribution in [2.45, 2.75) is 49.7 Å². The summed E-state index contributed by atoms with van der Waals surface area (Å²) in [7, 11) is 3.17. The molecular weight excluding hydrogens is 422 g/mol. The monoisotopic (exact) mass is 449 g/mol. The van der Waals surface area contributed by atoms with Crippen LogP contribution in [0, 0.1) is 0 Å². The molecule has 30 heavy (non-hydrogen) atoms. The summed E-state index contributed by atoms with van der Waals surface area (Å²) in [6, 6.07) is 5.56. The maximum Gasteiger partial charge on any atom is 0.341 e. The molecule has 1 N–H and O–H groups in total. The second kappa shape index (κ2) is 10.2. The number of benzene rings is 1. The minimum atomic E-state index is -0.364. The number of fused-ring (bicyclic) bond motifs is 1. The van der Waals surface area contributed by atoms with Gasteiger partial charge in [0.1, 0.15) is 5.00 Å². The van der Waals surface area contributed by atoms with Crippen molar-refractivity contribution >= 4 is 40.0 Å². The summed E-state index contributed by atoms with van der Waals surface area (Å²) < 4.78 is 15.9. The van der Waals surface area contributed by atoms with E-state index in [1.54, 1.807) is 21.1 Å². The van der Waals surface area contributed by atoms with Gasteiger partial charge in [-0.1, -0.05) is 0 Å². The van der Waals surface area contributed by atoms with Crippen LogP contribution in [-0.2, 0) is 22.4 Å². The number of thioether (sulfide) groups is 1. The predicted molar refractivity (Wildman–Crippen MR) is 120 cm³/mol. The Morgan fingerprint density at radius 1 is 1.17 bits per heavy atom. The fourth-order valence-corrected chi connectivity index (χ4v) is 5.61. The topological polar surface area (TPSA) is 73.9 Å². The molecule has 1 aliphatic carbocycles. The van der Waals surface area contributed by atoms with Crippen LogP contribution in [0.2, 0.25) is 0 Å². The number of ether oxygens (including phenoxy) is 3. The first-order valence-electron chi connectivity index (χ1n) is 9.99. The molecule has 1 aliphatic rings. The van der Waals surface area contributed by atoms with E-state index in [0.29, 0.717) is 28.7 Å². The fraction of sp³-hybridized carbons (Fsp3) is 0.455. The van der Waals surface area contributed by atoms with Gasteiger partial charge in [0.05, 0.1) is 31.6 Å². The number of esters is 1. The molecule has 0 saturated carbocycles. The van der Waals surface area contributed by atoms with Crippen molar-refractivity contribution in [1.82, 2.24) is 0 Å². The van der Waals surface area contributed by atoms with Gasteiger partial charge in [0, 0.05) is 9.77 Å². The number of carbonyl (C=O) groups excluding carboxylic acids is 2. The van der Waals surface area contributed by atoms with Gasteiger partial charge in [-0.25, -0.2) is 4.79 Å². The van der Waals surface area contributed by atoms with Gasteiger partial charge >= 0.3 is 5.97 Å². The Balaban J connectivity index is 1.77. The minimum Gasteiger partial charge on any atom is -0.493 e. The van der Waals surface area contributed by atoms with Gasteiger partial charge in [0.15, 0.2) is 11.5 Å². The molecule has 0 bridgehead atoms. The first-order valence-corrected chi connectivity index (χ1v) is 11.7. The third-order valence-electron chi connectivity index (χ3n) is 4.92. The molecule has 2 aromatic rings. The van der Waals surface area contributed by atoms with Gasteiger partial charge in [0.2, 0.25) is 5.91 Å². The number of nitrogens with one attached hydrogen (secondary N) is 1. The Morgan fingerprint density at radius 3 is 2.60 bits per heavy atom. The second-order valence-electron chi connectivity index (χ2n) is 6.90. The van der Waals surface area contributed by atoms with Crippen LogP contribution < -0.4 is 14.8 Å². The van der Waals surface area contributed by atoms with Crippen LogP contribution in [0.5, 0.6) is 11.5 Å². The summed E-state index contributed by atoms with van der Waals surface area (Å²) in [6.45, 7) is 3.94. The summed E-state index contributed by atoms with van der Waals surface area (Å²) in [6.07, 6.45) is 3.95. The standard InChI is InChI=1S/C22H27NO5S2/c1-5-28-22(25)19-15-8-6-7-9-18(15)30-21(19)23-20(24)13(2)29-14-10-11-16(26-3)17(12-14)27-4/h10-13H,5-9H2,1-4H3,(H,23,24)/t13-/m1/s1. The molecule has 1 atom stereocenters. The molecule has 6 nitrogen and oxygen atoms in total. The molecule has 0 fully saturated rings. The third-order valence-corrected chi connectivity index (χ3v) is 7.23. The lowest BCUT2D eigenvalue weighted by molar-refractivity contribution is -0.115. The fourth-order valence-electron chi connectivity index (χ4n) is 3.43. The average Bonchev–Trinajstić information content (AvgIpc) is 3.11. The molecule has 0 aliphatic heterocycles. The van der Waals surface area contributed by atoms with Crippen LogP contribution in [0.4, 0.5) is 5.00 Å². The lowest BCUT2D eigenvalue weighted by atomic mass is 9.95. The number of rotatable bonds is 8. The number of carbonyl (C=O) groups is 2. The molecular formula is C22H27NO5S2. The number of anilines is 1. The molecule has 162 valence electrons. The van der Waals surface area contributed by atoms with Gasteiger partial charge in [0.25, 0.3) is 0 Å². The van der Waals surface area contributed by atoms with Crippen molar-refractivity contribution in [1.29, 1.82) is 0 Å². The van der Waals surface area contributed by atoms with Crippen LogP contribution >= 0.6 is 23.1 Å². The number of aryl methyl sites for hydroxylation is 1. The summed E-state index contributed by atoms with van der Waals surface area (Å²) in [4.78, 5) is 27.6. The Morgan fingerprint density at radius 2 is 1.90 bits per heavy atom. The van der Waals surface area contributed by atoms with E-state index < -0.39 is 0 Å². The van der Waals surface area contributed by atoms with Gasteiger partial charge in [-0.3, -0.25) is 4.79 Å². The Kier molecular flexibility index (Phi) is 7.66. The van der Waals surface area contributed by atoms with Crippen molar-refractivity contribution in [3.63, 3.8) is 0 Å². The van der Waals surface area contributed by atoms with E-state index in [4.69, 9.17) is 14.2 Å². The zero-order valence-electron chi connectivity index (χ0n) is 17.7. The molecule has 3 rings (SSSR count). The van der Waals surface area contributed by atoms with Gasteiger partial charge in [-0.05, 0) is 63.3 Å². The largest absolute Gasteiger partial charge is 0.493 e. The number of hydrogen-bond donors (Lipinski definition) is 1. The van der Waals surface area contributed by atoms with E-state index in [2.05, 4.69) is 5.32 Å². The van der Waals surface area contributed by atoms with E-state index in [1.807, 2.05) is 25.1 Å². The SMILES string of the molecule is CCOC(=O)c1c(NC(=O)[C@@H](C)Sc2ccc(OC)c(OC)c2)sc2c1CCCC2. The summed E-state index contributed by atoms with van der Waals surface area (Å²) >= 11 is 2.92. The van der Waals surface area contributed by atoms with Crippen LogP contribution in [0.15, 0.2) is 23.1 Å². The molecule has 1 heterocycles. The van der Waals surface area contributed by atoms with Gasteiger partial charge in [-0.15, -0.1) is 23.1 Å². The normalized spacial score (nSPS) is 13.9. The number of thiophene rings is 1. The first kappa shape index (κ1) is 22.5. The molecule has 0 unspecified atom stereocenters. The quantitative estimate of drug-likeness (QED) is 0.455. The Bertz CT molecular complexity index is 924. The van der Waals surface area contributed by atoms with E-state index in [0.717, 1.165) is 36.1 Å². The van der Waals surface area contributed by atoms with Crippen molar-refractivity contribution in [2.75, 3.05) is 26.1 Å². The summed E-state index contributed by atoms with van der Waals surface area (Å²) in [5.74, 6) is 0.749. The highest BCUT2D eigenvalue weighted by Crippen LogP contribution is 2.39. The smallest absolute Gasteiger partial charge is 0.341 e. The number of hydrogen-bond acceptors (Lipinski definition) is 7. The molecule has 1 aromatic carbocycles. The molecule has 1 amide bonds. The highest BCUT2D eigenvalue weighted by Gasteiger charge is 2.28. The molecule has 0 spiro atoms. The highest BCUT2D eigenvalue weighted by atomic mass is 32.2. The maximum atomic E-state index is 12.9. The lowest BCUT2D eigenvalue weighted by Crippen LogP contribution is -2.23. The van der Waals surface area contributed by atoms with Crippen molar-refractivity contribution in [3.05, 3.63) is 34.2 Å². The Labute approximate surface area is 185 Å². The van der Waals surface area contributed by atoms with Gasteiger partial charge in [-0.2, -0.15) is 0 Å². The first-order chi connectivity index (χ1) is 14.5.